The van der Waals surface area contributed by atoms with E-state index in [-0.39, 0.29) is 22.0 Å². The van der Waals surface area contributed by atoms with Gasteiger partial charge in [-0.25, -0.2) is 0 Å². The standard InChI is InChI=1S/C30H46O2/c1-27(2,3)25-17-13-11-15-23(25)21-31-29(7,8)19-20-30(9,10)32-22-24-16-12-14-18-26(24)28(4,5)6/h11-18H,19-22H2,1-10H3. The van der Waals surface area contributed by atoms with Crippen LogP contribution in [0.25, 0.3) is 0 Å². The number of rotatable bonds is 9. The summed E-state index contributed by atoms with van der Waals surface area (Å²) >= 11 is 0. The van der Waals surface area contributed by atoms with Crippen LogP contribution in [0, 0.1) is 0 Å². The monoisotopic (exact) mass is 438 g/mol. The van der Waals surface area contributed by atoms with E-state index < -0.39 is 0 Å². The van der Waals surface area contributed by atoms with Gasteiger partial charge in [-0.3, -0.25) is 0 Å². The minimum absolute atomic E-state index is 0.114. The molecule has 0 aliphatic rings. The summed E-state index contributed by atoms with van der Waals surface area (Å²) in [5.41, 5.74) is 5.08. The first-order valence-electron chi connectivity index (χ1n) is 12.1. The first kappa shape index (κ1) is 26.6. The zero-order valence-corrected chi connectivity index (χ0v) is 22.3. The van der Waals surface area contributed by atoms with E-state index in [1.54, 1.807) is 0 Å². The van der Waals surface area contributed by atoms with Crippen LogP contribution in [-0.4, -0.2) is 11.2 Å². The minimum Gasteiger partial charge on any atom is -0.371 e. The van der Waals surface area contributed by atoms with Gasteiger partial charge in [0, 0.05) is 0 Å². The zero-order chi connectivity index (χ0) is 24.2. The van der Waals surface area contributed by atoms with Crippen molar-refractivity contribution in [1.29, 1.82) is 0 Å². The normalized spacial score (nSPS) is 13.4. The Kier molecular flexibility index (Phi) is 8.40. The molecule has 0 aliphatic carbocycles. The highest BCUT2D eigenvalue weighted by atomic mass is 16.5. The lowest BCUT2D eigenvalue weighted by Crippen LogP contribution is -2.32. The van der Waals surface area contributed by atoms with Crippen LogP contribution in [0.1, 0.15) is 104 Å². The lowest BCUT2D eigenvalue weighted by molar-refractivity contribution is -0.0749. The van der Waals surface area contributed by atoms with Crippen molar-refractivity contribution in [2.45, 2.75) is 117 Å². The maximum absolute atomic E-state index is 6.42. The van der Waals surface area contributed by atoms with E-state index in [9.17, 15) is 0 Å². The molecule has 0 N–H and O–H groups in total. The third-order valence-electron chi connectivity index (χ3n) is 6.22. The molecule has 0 aromatic heterocycles. The predicted molar refractivity (Wildman–Crippen MR) is 137 cm³/mol. The summed E-state index contributed by atoms with van der Waals surface area (Å²) in [7, 11) is 0. The SMILES string of the molecule is CC(C)(CCC(C)(C)OCc1ccccc1C(C)(C)C)OCc1ccccc1C(C)(C)C. The fourth-order valence-corrected chi connectivity index (χ4v) is 4.05. The zero-order valence-electron chi connectivity index (χ0n) is 22.3. The maximum atomic E-state index is 6.42. The highest BCUT2D eigenvalue weighted by molar-refractivity contribution is 5.33. The van der Waals surface area contributed by atoms with E-state index in [2.05, 4.69) is 118 Å². The maximum Gasteiger partial charge on any atom is 0.0727 e. The molecule has 178 valence electrons. The van der Waals surface area contributed by atoms with Gasteiger partial charge in [-0.2, -0.15) is 0 Å². The van der Waals surface area contributed by atoms with E-state index in [1.807, 2.05) is 0 Å². The summed E-state index contributed by atoms with van der Waals surface area (Å²) in [6.45, 7) is 23.6. The van der Waals surface area contributed by atoms with Crippen molar-refractivity contribution in [3.63, 3.8) is 0 Å². The molecule has 0 unspecified atom stereocenters. The molecule has 0 radical (unpaired) electrons. The smallest absolute Gasteiger partial charge is 0.0727 e. The second kappa shape index (κ2) is 10.1. The van der Waals surface area contributed by atoms with Crippen LogP contribution in [0.4, 0.5) is 0 Å². The molecule has 2 heteroatoms. The molecule has 0 amide bonds. The molecule has 2 nitrogen and oxygen atoms in total. The predicted octanol–water partition coefficient (Wildman–Crippen LogP) is 8.35. The van der Waals surface area contributed by atoms with Crippen LogP contribution >= 0.6 is 0 Å². The van der Waals surface area contributed by atoms with Crippen molar-refractivity contribution in [2.24, 2.45) is 0 Å². The molecular weight excluding hydrogens is 392 g/mol. The average Bonchev–Trinajstić information content (AvgIpc) is 2.69. The van der Waals surface area contributed by atoms with Gasteiger partial charge in [0.05, 0.1) is 24.4 Å². The molecule has 0 bridgehead atoms. The van der Waals surface area contributed by atoms with Crippen molar-refractivity contribution in [3.05, 3.63) is 70.8 Å². The van der Waals surface area contributed by atoms with Gasteiger partial charge in [-0.15, -0.1) is 0 Å². The number of benzene rings is 2. The summed E-state index contributed by atoms with van der Waals surface area (Å²) in [5.74, 6) is 0. The molecule has 0 spiro atoms. The minimum atomic E-state index is -0.213. The van der Waals surface area contributed by atoms with Gasteiger partial charge in [-0.1, -0.05) is 90.1 Å². The highest BCUT2D eigenvalue weighted by Gasteiger charge is 2.27. The fourth-order valence-electron chi connectivity index (χ4n) is 4.05. The van der Waals surface area contributed by atoms with Gasteiger partial charge in [0.2, 0.25) is 0 Å². The lowest BCUT2D eigenvalue weighted by Gasteiger charge is -2.33. The van der Waals surface area contributed by atoms with Gasteiger partial charge >= 0.3 is 0 Å². The highest BCUT2D eigenvalue weighted by Crippen LogP contribution is 2.31. The Balaban J connectivity index is 1.95. The molecular formula is C30H46O2. The van der Waals surface area contributed by atoms with Crippen molar-refractivity contribution >= 4 is 0 Å². The Morgan fingerprint density at radius 2 is 0.812 bits per heavy atom. The number of ether oxygens (including phenoxy) is 2. The summed E-state index contributed by atoms with van der Waals surface area (Å²) in [5, 5.41) is 0. The third-order valence-corrected chi connectivity index (χ3v) is 6.22. The summed E-state index contributed by atoms with van der Waals surface area (Å²) in [6.07, 6.45) is 1.89. The number of hydrogen-bond acceptors (Lipinski definition) is 2. The summed E-state index contributed by atoms with van der Waals surface area (Å²) < 4.78 is 12.8. The van der Waals surface area contributed by atoms with Crippen LogP contribution in [0.5, 0.6) is 0 Å². The first-order chi connectivity index (χ1) is 14.6. The van der Waals surface area contributed by atoms with E-state index in [0.29, 0.717) is 13.2 Å². The van der Waals surface area contributed by atoms with E-state index in [4.69, 9.17) is 9.47 Å². The van der Waals surface area contributed by atoms with Crippen LogP contribution in [0.3, 0.4) is 0 Å². The van der Waals surface area contributed by atoms with Gasteiger partial charge in [0.15, 0.2) is 0 Å². The molecule has 0 aliphatic heterocycles. The molecule has 2 rings (SSSR count). The quantitative estimate of drug-likeness (QED) is 0.391. The molecule has 2 aromatic rings. The van der Waals surface area contributed by atoms with E-state index >= 15 is 0 Å². The molecule has 0 heterocycles. The van der Waals surface area contributed by atoms with Gasteiger partial charge < -0.3 is 9.47 Å². The second-order valence-corrected chi connectivity index (χ2v) is 12.4. The van der Waals surface area contributed by atoms with E-state index in [0.717, 1.165) is 12.8 Å². The molecule has 2 aromatic carbocycles. The van der Waals surface area contributed by atoms with Gasteiger partial charge in [-0.05, 0) is 73.6 Å². The fraction of sp³-hybridized carbons (Fsp3) is 0.600. The van der Waals surface area contributed by atoms with Crippen molar-refractivity contribution in [3.8, 4) is 0 Å². The van der Waals surface area contributed by atoms with E-state index in [1.165, 1.54) is 22.3 Å². The topological polar surface area (TPSA) is 18.5 Å². The second-order valence-electron chi connectivity index (χ2n) is 12.4. The Labute approximate surface area is 197 Å². The Hall–Kier alpha value is -1.64. The Morgan fingerprint density at radius 1 is 0.500 bits per heavy atom. The Morgan fingerprint density at radius 3 is 1.12 bits per heavy atom. The van der Waals surface area contributed by atoms with Crippen LogP contribution in [-0.2, 0) is 33.5 Å². The molecule has 32 heavy (non-hydrogen) atoms. The summed E-state index contributed by atoms with van der Waals surface area (Å²) in [6, 6.07) is 17.3. The molecule has 0 fully saturated rings. The van der Waals surface area contributed by atoms with Crippen molar-refractivity contribution in [2.75, 3.05) is 0 Å². The largest absolute Gasteiger partial charge is 0.371 e. The third kappa shape index (κ3) is 8.05. The molecule has 0 saturated heterocycles. The van der Waals surface area contributed by atoms with Crippen molar-refractivity contribution in [1.82, 2.24) is 0 Å². The van der Waals surface area contributed by atoms with Crippen LogP contribution in [0.2, 0.25) is 0 Å². The molecule has 0 atom stereocenters. The van der Waals surface area contributed by atoms with Gasteiger partial charge in [0.1, 0.15) is 0 Å². The summed E-state index contributed by atoms with van der Waals surface area (Å²) in [4.78, 5) is 0. The average molecular weight is 439 g/mol. The van der Waals surface area contributed by atoms with Crippen LogP contribution < -0.4 is 0 Å². The van der Waals surface area contributed by atoms with Gasteiger partial charge in [0.25, 0.3) is 0 Å². The molecule has 0 saturated carbocycles. The lowest BCUT2D eigenvalue weighted by atomic mass is 9.84. The Bertz CT molecular complexity index is 789. The number of hydrogen-bond donors (Lipinski definition) is 0. The van der Waals surface area contributed by atoms with Crippen molar-refractivity contribution < 1.29 is 9.47 Å². The first-order valence-corrected chi connectivity index (χ1v) is 12.1. The van der Waals surface area contributed by atoms with Crippen LogP contribution in [0.15, 0.2) is 48.5 Å².